The number of pyridine rings is 1. The second-order valence-corrected chi connectivity index (χ2v) is 6.61. The van der Waals surface area contributed by atoms with Gasteiger partial charge in [-0.25, -0.2) is 4.39 Å². The minimum Gasteiger partial charge on any atom is -0.355 e. The summed E-state index contributed by atoms with van der Waals surface area (Å²) in [4.78, 5) is 30.8. The van der Waals surface area contributed by atoms with Crippen molar-refractivity contribution in [2.45, 2.75) is 12.8 Å². The molecule has 1 aromatic carbocycles. The molecule has 1 saturated heterocycles. The van der Waals surface area contributed by atoms with Crippen LogP contribution < -0.4 is 11.1 Å². The van der Waals surface area contributed by atoms with E-state index in [-0.39, 0.29) is 23.5 Å². The van der Waals surface area contributed by atoms with Gasteiger partial charge >= 0.3 is 0 Å². The number of carbonyl (C=O) groups excluding carboxylic acids is 2. The smallest absolute Gasteiger partial charge is 0.255 e. The lowest BCUT2D eigenvalue weighted by Gasteiger charge is -2.32. The van der Waals surface area contributed by atoms with E-state index in [1.807, 2.05) is 0 Å². The molecule has 0 radical (unpaired) electrons. The van der Waals surface area contributed by atoms with E-state index >= 15 is 0 Å². The average molecular weight is 370 g/mol. The number of hydrogen-bond acceptors (Lipinski definition) is 4. The summed E-state index contributed by atoms with van der Waals surface area (Å²) in [5.41, 5.74) is 6.76. The summed E-state index contributed by atoms with van der Waals surface area (Å²) in [6.45, 7) is 1.76. The number of hydrogen-bond donors (Lipinski definition) is 2. The van der Waals surface area contributed by atoms with Crippen LogP contribution in [0.25, 0.3) is 11.1 Å². The Balaban J connectivity index is 1.75. The maximum atomic E-state index is 14.0. The Morgan fingerprint density at radius 3 is 2.89 bits per heavy atom. The maximum Gasteiger partial charge on any atom is 0.255 e. The Morgan fingerprint density at radius 2 is 2.11 bits per heavy atom. The van der Waals surface area contributed by atoms with E-state index in [9.17, 15) is 14.0 Å². The molecule has 1 aliphatic rings. The van der Waals surface area contributed by atoms with Gasteiger partial charge in [0, 0.05) is 49.7 Å². The van der Waals surface area contributed by atoms with Crippen molar-refractivity contribution in [1.82, 2.24) is 15.2 Å². The number of carbonyl (C=O) groups is 2. The molecule has 27 heavy (non-hydrogen) atoms. The SMILES string of the molecule is NCCNC(=O)C1CCCN(C(=O)c2cncc(-c3ccccc3F)c2)C1. The second kappa shape index (κ2) is 8.73. The van der Waals surface area contributed by atoms with Gasteiger partial charge in [0.2, 0.25) is 5.91 Å². The molecule has 6 nitrogen and oxygen atoms in total. The molecule has 0 spiro atoms. The minimum absolute atomic E-state index is 0.0730. The highest BCUT2D eigenvalue weighted by Gasteiger charge is 2.29. The van der Waals surface area contributed by atoms with E-state index in [2.05, 4.69) is 10.3 Å². The van der Waals surface area contributed by atoms with Crippen molar-refractivity contribution in [2.75, 3.05) is 26.2 Å². The third kappa shape index (κ3) is 4.49. The third-order valence-electron chi connectivity index (χ3n) is 4.69. The van der Waals surface area contributed by atoms with E-state index in [4.69, 9.17) is 5.73 Å². The molecule has 0 aliphatic carbocycles. The largest absolute Gasteiger partial charge is 0.355 e. The van der Waals surface area contributed by atoms with Crippen LogP contribution in [0.2, 0.25) is 0 Å². The summed E-state index contributed by atoms with van der Waals surface area (Å²) in [6, 6.07) is 8.02. The molecule has 0 bridgehead atoms. The number of amides is 2. The molecule has 1 aliphatic heterocycles. The molecule has 3 rings (SSSR count). The van der Waals surface area contributed by atoms with Gasteiger partial charge in [0.15, 0.2) is 0 Å². The maximum absolute atomic E-state index is 14.0. The third-order valence-corrected chi connectivity index (χ3v) is 4.69. The number of piperidine rings is 1. The van der Waals surface area contributed by atoms with Crippen LogP contribution in [0.15, 0.2) is 42.7 Å². The lowest BCUT2D eigenvalue weighted by molar-refractivity contribution is -0.126. The number of nitrogens with two attached hydrogens (primary N) is 1. The average Bonchev–Trinajstić information content (AvgIpc) is 2.72. The van der Waals surface area contributed by atoms with Gasteiger partial charge in [-0.1, -0.05) is 18.2 Å². The monoisotopic (exact) mass is 370 g/mol. The fraction of sp³-hybridized carbons (Fsp3) is 0.350. The molecule has 2 amide bonds. The Bertz CT molecular complexity index is 827. The number of aromatic nitrogens is 1. The number of likely N-dealkylation sites (tertiary alicyclic amines) is 1. The first kappa shape index (κ1) is 19.0. The van der Waals surface area contributed by atoms with Crippen molar-refractivity contribution in [1.29, 1.82) is 0 Å². The van der Waals surface area contributed by atoms with Crippen LogP contribution in [0.3, 0.4) is 0 Å². The first-order chi connectivity index (χ1) is 13.1. The summed E-state index contributed by atoms with van der Waals surface area (Å²) < 4.78 is 14.0. The molecule has 2 heterocycles. The fourth-order valence-electron chi connectivity index (χ4n) is 3.30. The zero-order valence-electron chi connectivity index (χ0n) is 15.0. The predicted octanol–water partition coefficient (Wildman–Crippen LogP) is 1.81. The standard InChI is InChI=1S/C20H23FN4O2/c21-18-6-2-1-5-17(18)15-10-16(12-23-11-15)20(27)25-9-3-4-14(13-25)19(26)24-8-7-22/h1-2,5-6,10-12,14H,3-4,7-9,13,22H2,(H,24,26). The lowest BCUT2D eigenvalue weighted by Crippen LogP contribution is -2.46. The van der Waals surface area contributed by atoms with Gasteiger partial charge in [-0.15, -0.1) is 0 Å². The van der Waals surface area contributed by atoms with Gasteiger partial charge in [0.1, 0.15) is 5.82 Å². The van der Waals surface area contributed by atoms with Gasteiger partial charge in [-0.2, -0.15) is 0 Å². The molecule has 142 valence electrons. The van der Waals surface area contributed by atoms with Crippen molar-refractivity contribution in [3.8, 4) is 11.1 Å². The number of benzene rings is 1. The minimum atomic E-state index is -0.362. The highest BCUT2D eigenvalue weighted by molar-refractivity contribution is 5.95. The summed E-state index contributed by atoms with van der Waals surface area (Å²) in [5.74, 6) is -0.872. The molecule has 3 N–H and O–H groups in total. The van der Waals surface area contributed by atoms with Gasteiger partial charge < -0.3 is 16.0 Å². The number of nitrogens with one attached hydrogen (secondary N) is 1. The van der Waals surface area contributed by atoms with Crippen LogP contribution >= 0.6 is 0 Å². The first-order valence-corrected chi connectivity index (χ1v) is 9.07. The Hall–Kier alpha value is -2.80. The molecule has 7 heteroatoms. The summed E-state index contributed by atoms with van der Waals surface area (Å²) >= 11 is 0. The summed E-state index contributed by atoms with van der Waals surface area (Å²) in [7, 11) is 0. The molecule has 2 aromatic rings. The zero-order chi connectivity index (χ0) is 19.2. The Labute approximate surface area is 157 Å². The van der Waals surface area contributed by atoms with Crippen molar-refractivity contribution < 1.29 is 14.0 Å². The molecular formula is C20H23FN4O2. The topological polar surface area (TPSA) is 88.3 Å². The summed E-state index contributed by atoms with van der Waals surface area (Å²) in [5, 5.41) is 2.78. The lowest BCUT2D eigenvalue weighted by atomic mass is 9.96. The van der Waals surface area contributed by atoms with Gasteiger partial charge in [-0.05, 0) is 25.0 Å². The number of rotatable bonds is 5. The summed E-state index contributed by atoms with van der Waals surface area (Å²) in [6.07, 6.45) is 4.51. The predicted molar refractivity (Wildman–Crippen MR) is 100 cm³/mol. The second-order valence-electron chi connectivity index (χ2n) is 6.61. The van der Waals surface area contributed by atoms with Crippen molar-refractivity contribution in [2.24, 2.45) is 11.7 Å². The highest BCUT2D eigenvalue weighted by atomic mass is 19.1. The molecule has 0 saturated carbocycles. The van der Waals surface area contributed by atoms with Crippen LogP contribution in [0, 0.1) is 11.7 Å². The zero-order valence-corrected chi connectivity index (χ0v) is 15.0. The van der Waals surface area contributed by atoms with Crippen molar-refractivity contribution in [3.05, 3.63) is 54.1 Å². The van der Waals surface area contributed by atoms with Crippen molar-refractivity contribution >= 4 is 11.8 Å². The molecule has 1 atom stereocenters. The Morgan fingerprint density at radius 1 is 1.30 bits per heavy atom. The molecule has 1 aromatic heterocycles. The molecular weight excluding hydrogens is 347 g/mol. The van der Waals surface area contributed by atoms with Crippen LogP contribution in [0.1, 0.15) is 23.2 Å². The van der Waals surface area contributed by atoms with Crippen molar-refractivity contribution in [3.63, 3.8) is 0 Å². The highest BCUT2D eigenvalue weighted by Crippen LogP contribution is 2.24. The number of nitrogens with zero attached hydrogens (tertiary/aromatic N) is 2. The van der Waals surface area contributed by atoms with E-state index in [1.165, 1.54) is 18.5 Å². The normalized spacial score (nSPS) is 16.8. The van der Waals surface area contributed by atoms with Gasteiger partial charge in [0.05, 0.1) is 11.5 Å². The Kier molecular flexibility index (Phi) is 6.13. The van der Waals surface area contributed by atoms with Crippen LogP contribution in [0.5, 0.6) is 0 Å². The van der Waals surface area contributed by atoms with E-state index in [0.29, 0.717) is 42.9 Å². The van der Waals surface area contributed by atoms with Crippen LogP contribution in [-0.4, -0.2) is 47.9 Å². The fourth-order valence-corrected chi connectivity index (χ4v) is 3.30. The van der Waals surface area contributed by atoms with Gasteiger partial charge in [-0.3, -0.25) is 14.6 Å². The quantitative estimate of drug-likeness (QED) is 0.840. The van der Waals surface area contributed by atoms with E-state index in [1.54, 1.807) is 29.2 Å². The van der Waals surface area contributed by atoms with E-state index < -0.39 is 0 Å². The van der Waals surface area contributed by atoms with Crippen LogP contribution in [-0.2, 0) is 4.79 Å². The molecule has 1 unspecified atom stereocenters. The first-order valence-electron chi connectivity index (χ1n) is 9.07. The van der Waals surface area contributed by atoms with Gasteiger partial charge in [0.25, 0.3) is 5.91 Å². The van der Waals surface area contributed by atoms with E-state index in [0.717, 1.165) is 12.8 Å². The molecule has 1 fully saturated rings. The number of halogens is 1. The van der Waals surface area contributed by atoms with Crippen LogP contribution in [0.4, 0.5) is 4.39 Å².